The van der Waals surface area contributed by atoms with E-state index in [0.717, 1.165) is 43.2 Å². The zero-order chi connectivity index (χ0) is 29.8. The van der Waals surface area contributed by atoms with Crippen molar-refractivity contribution in [3.8, 4) is 5.75 Å². The van der Waals surface area contributed by atoms with Crippen LogP contribution in [0.3, 0.4) is 0 Å². The van der Waals surface area contributed by atoms with Gasteiger partial charge in [0.25, 0.3) is 21.8 Å². The molecule has 1 aromatic heterocycles. The lowest BCUT2D eigenvalue weighted by Crippen LogP contribution is -2.32. The van der Waals surface area contributed by atoms with E-state index in [-0.39, 0.29) is 27.6 Å². The van der Waals surface area contributed by atoms with Crippen molar-refractivity contribution in [1.29, 1.82) is 0 Å². The van der Waals surface area contributed by atoms with Crippen LogP contribution in [0.5, 0.6) is 5.75 Å². The number of amides is 2. The minimum absolute atomic E-state index is 0.0277. The van der Waals surface area contributed by atoms with E-state index in [1.54, 1.807) is 7.11 Å². The Bertz CT molecular complexity index is 1470. The molecule has 1 heterocycles. The van der Waals surface area contributed by atoms with Crippen LogP contribution in [0.2, 0.25) is 0 Å². The highest BCUT2D eigenvalue weighted by Crippen LogP contribution is 2.18. The molecule has 2 aromatic carbocycles. The van der Waals surface area contributed by atoms with Crippen LogP contribution < -0.4 is 19.9 Å². The van der Waals surface area contributed by atoms with E-state index in [9.17, 15) is 27.9 Å². The number of benzene rings is 2. The monoisotopic (exact) mass is 580 g/mol. The summed E-state index contributed by atoms with van der Waals surface area (Å²) in [4.78, 5) is 40.3. The lowest BCUT2D eigenvalue weighted by atomic mass is 10.0. The summed E-state index contributed by atoms with van der Waals surface area (Å²) in [5.41, 5.74) is 1.22. The standard InChI is InChI=1S/C30H35N3O7S/c1-3-4-5-6-7-11-23-19-26(30(36)37)32-20-25(23)29(35)33-41(38,39)24-15-13-22(14-16-24)28(34)31-18-17-21-10-8-9-12-27(21)40-2/h8-10,12-16,19-20H,3-7,11,17-18H2,1-2H3,(H,31,34)(H,33,35)(H,36,37)/p-1. The first-order valence-electron chi connectivity index (χ1n) is 13.4. The number of carboxylic acid groups (broad SMARTS) is 1. The predicted octanol–water partition coefficient (Wildman–Crippen LogP) is 3.06. The third-order valence-electron chi connectivity index (χ3n) is 6.52. The second kappa shape index (κ2) is 14.9. The molecule has 3 rings (SSSR count). The van der Waals surface area contributed by atoms with Crippen molar-refractivity contribution in [2.45, 2.75) is 56.8 Å². The number of sulfonamides is 1. The Hall–Kier alpha value is -4.25. The molecule has 41 heavy (non-hydrogen) atoms. The molecule has 2 amide bonds. The molecule has 0 aliphatic carbocycles. The Morgan fingerprint density at radius 1 is 0.902 bits per heavy atom. The average molecular weight is 581 g/mol. The SMILES string of the molecule is CCCCCCCc1cc(C(=O)[O-])ncc1C(=O)NS(=O)(=O)c1ccc(C(=O)NCCc2ccccc2OC)cc1. The molecule has 0 unspecified atom stereocenters. The van der Waals surface area contributed by atoms with Crippen LogP contribution in [0, 0.1) is 0 Å². The number of unbranched alkanes of at least 4 members (excludes halogenated alkanes) is 4. The Labute approximate surface area is 240 Å². The highest BCUT2D eigenvalue weighted by molar-refractivity contribution is 7.90. The van der Waals surface area contributed by atoms with Gasteiger partial charge in [0.15, 0.2) is 0 Å². The fourth-order valence-electron chi connectivity index (χ4n) is 4.28. The van der Waals surface area contributed by atoms with Crippen molar-refractivity contribution in [2.24, 2.45) is 0 Å². The van der Waals surface area contributed by atoms with Crippen molar-refractivity contribution in [3.63, 3.8) is 0 Å². The van der Waals surface area contributed by atoms with E-state index in [2.05, 4.69) is 17.2 Å². The summed E-state index contributed by atoms with van der Waals surface area (Å²) in [6.45, 7) is 2.44. The Balaban J connectivity index is 1.65. The van der Waals surface area contributed by atoms with Crippen LogP contribution in [-0.4, -0.2) is 44.8 Å². The van der Waals surface area contributed by atoms with Crippen LogP contribution in [0.1, 0.15) is 81.4 Å². The third kappa shape index (κ3) is 8.87. The lowest BCUT2D eigenvalue weighted by Gasteiger charge is -2.13. The molecule has 0 radical (unpaired) electrons. The summed E-state index contributed by atoms with van der Waals surface area (Å²) < 4.78 is 33.2. The zero-order valence-corrected chi connectivity index (χ0v) is 24.0. The smallest absolute Gasteiger partial charge is 0.266 e. The van der Waals surface area contributed by atoms with Gasteiger partial charge in [-0.1, -0.05) is 50.8 Å². The number of rotatable bonds is 15. The first-order valence-corrected chi connectivity index (χ1v) is 14.9. The number of pyridine rings is 1. The molecule has 0 saturated heterocycles. The molecule has 0 saturated carbocycles. The number of nitrogens with zero attached hydrogens (tertiary/aromatic N) is 1. The quantitative estimate of drug-likeness (QED) is 0.260. The van der Waals surface area contributed by atoms with Crippen LogP contribution in [0.4, 0.5) is 0 Å². The Kier molecular flexibility index (Phi) is 11.4. The number of nitrogens with one attached hydrogen (secondary N) is 2. The second-order valence-electron chi connectivity index (χ2n) is 9.46. The minimum Gasteiger partial charge on any atom is -0.543 e. The molecule has 218 valence electrons. The second-order valence-corrected chi connectivity index (χ2v) is 11.1. The van der Waals surface area contributed by atoms with E-state index >= 15 is 0 Å². The molecule has 10 nitrogen and oxygen atoms in total. The number of aromatic carboxylic acids is 1. The summed E-state index contributed by atoms with van der Waals surface area (Å²) in [6, 6.07) is 13.9. The fourth-order valence-corrected chi connectivity index (χ4v) is 5.25. The Morgan fingerprint density at radius 2 is 1.61 bits per heavy atom. The van der Waals surface area contributed by atoms with Gasteiger partial charge in [0.1, 0.15) is 5.75 Å². The molecule has 3 aromatic rings. The first kappa shape index (κ1) is 31.3. The van der Waals surface area contributed by atoms with Crippen LogP contribution in [0.25, 0.3) is 0 Å². The van der Waals surface area contributed by atoms with Crippen molar-refractivity contribution in [1.82, 2.24) is 15.0 Å². The van der Waals surface area contributed by atoms with Gasteiger partial charge >= 0.3 is 0 Å². The van der Waals surface area contributed by atoms with E-state index < -0.39 is 21.9 Å². The van der Waals surface area contributed by atoms with Gasteiger partial charge in [0.2, 0.25) is 0 Å². The number of aryl methyl sites for hydroxylation is 1. The summed E-state index contributed by atoms with van der Waals surface area (Å²) in [6.07, 6.45) is 6.70. The number of methoxy groups -OCH3 is 1. The zero-order valence-electron chi connectivity index (χ0n) is 23.1. The van der Waals surface area contributed by atoms with Crippen molar-refractivity contribution in [2.75, 3.05) is 13.7 Å². The fraction of sp³-hybridized carbons (Fsp3) is 0.333. The van der Waals surface area contributed by atoms with Gasteiger partial charge < -0.3 is 20.0 Å². The number of hydrogen-bond donors (Lipinski definition) is 2. The topological polar surface area (TPSA) is 155 Å². The van der Waals surface area contributed by atoms with Gasteiger partial charge in [0, 0.05) is 18.3 Å². The van der Waals surface area contributed by atoms with Crippen molar-refractivity contribution < 1.29 is 32.6 Å². The third-order valence-corrected chi connectivity index (χ3v) is 7.87. The molecule has 2 N–H and O–H groups in total. The molecule has 0 spiro atoms. The highest BCUT2D eigenvalue weighted by atomic mass is 32.2. The van der Waals surface area contributed by atoms with Crippen LogP contribution in [0.15, 0.2) is 65.7 Å². The van der Waals surface area contributed by atoms with Gasteiger partial charge in [-0.15, -0.1) is 0 Å². The van der Waals surface area contributed by atoms with Gasteiger partial charge in [-0.2, -0.15) is 0 Å². The molecular weight excluding hydrogens is 546 g/mol. The molecular formula is C30H34N3O7S-. The lowest BCUT2D eigenvalue weighted by molar-refractivity contribution is -0.255. The molecule has 0 aliphatic heterocycles. The van der Waals surface area contributed by atoms with Gasteiger partial charge in [0.05, 0.1) is 29.2 Å². The average Bonchev–Trinajstić information content (AvgIpc) is 2.97. The number of ether oxygens (including phenoxy) is 1. The van der Waals surface area contributed by atoms with E-state index in [4.69, 9.17) is 4.74 Å². The molecule has 0 atom stereocenters. The normalized spacial score (nSPS) is 11.1. The maximum absolute atomic E-state index is 13.0. The number of aromatic nitrogens is 1. The van der Waals surface area contributed by atoms with Crippen LogP contribution in [-0.2, 0) is 22.9 Å². The summed E-state index contributed by atoms with van der Waals surface area (Å²) in [5, 5.41) is 14.1. The number of carbonyl (C=O) groups excluding carboxylic acids is 3. The highest BCUT2D eigenvalue weighted by Gasteiger charge is 2.22. The number of carboxylic acids is 1. The summed E-state index contributed by atoms with van der Waals surface area (Å²) in [7, 11) is -2.71. The summed E-state index contributed by atoms with van der Waals surface area (Å²) in [5.74, 6) is -2.07. The predicted molar refractivity (Wildman–Crippen MR) is 151 cm³/mol. The minimum atomic E-state index is -4.29. The van der Waals surface area contributed by atoms with Crippen molar-refractivity contribution >= 4 is 27.8 Å². The maximum atomic E-state index is 13.0. The van der Waals surface area contributed by atoms with E-state index in [0.29, 0.717) is 31.4 Å². The van der Waals surface area contributed by atoms with E-state index in [1.165, 1.54) is 30.3 Å². The van der Waals surface area contributed by atoms with Crippen LogP contribution >= 0.6 is 0 Å². The summed E-state index contributed by atoms with van der Waals surface area (Å²) >= 11 is 0. The van der Waals surface area contributed by atoms with Gasteiger partial charge in [-0.05, 0) is 66.8 Å². The molecule has 11 heteroatoms. The van der Waals surface area contributed by atoms with Gasteiger partial charge in [-0.25, -0.2) is 13.1 Å². The van der Waals surface area contributed by atoms with Gasteiger partial charge in [-0.3, -0.25) is 14.6 Å². The maximum Gasteiger partial charge on any atom is 0.266 e. The number of para-hydroxylation sites is 1. The van der Waals surface area contributed by atoms with E-state index in [1.807, 2.05) is 29.0 Å². The van der Waals surface area contributed by atoms with Crippen molar-refractivity contribution in [3.05, 3.63) is 88.7 Å². The molecule has 0 aliphatic rings. The molecule has 0 bridgehead atoms. The number of hydrogen-bond acceptors (Lipinski definition) is 8. The first-order chi connectivity index (χ1) is 19.7. The number of carbonyl (C=O) groups is 3. The molecule has 0 fully saturated rings. The Morgan fingerprint density at radius 3 is 2.29 bits per heavy atom. The largest absolute Gasteiger partial charge is 0.543 e.